The highest BCUT2D eigenvalue weighted by Gasteiger charge is 2.52. The lowest BCUT2D eigenvalue weighted by Gasteiger charge is -2.44. The van der Waals surface area contributed by atoms with Crippen molar-refractivity contribution in [1.82, 2.24) is 4.90 Å². The van der Waals surface area contributed by atoms with Crippen LogP contribution in [-0.4, -0.2) is 44.3 Å². The van der Waals surface area contributed by atoms with Gasteiger partial charge in [0, 0.05) is 37.6 Å². The van der Waals surface area contributed by atoms with Gasteiger partial charge in [0.05, 0.1) is 18.8 Å². The van der Waals surface area contributed by atoms with Crippen LogP contribution in [0, 0.1) is 0 Å². The van der Waals surface area contributed by atoms with E-state index in [9.17, 15) is 13.2 Å². The van der Waals surface area contributed by atoms with Gasteiger partial charge >= 0.3 is 6.18 Å². The van der Waals surface area contributed by atoms with E-state index in [1.807, 2.05) is 70.0 Å². The zero-order valence-electron chi connectivity index (χ0n) is 19.1. The first kappa shape index (κ1) is 23.9. The first-order valence-electron chi connectivity index (χ1n) is 11.6. The van der Waals surface area contributed by atoms with Crippen molar-refractivity contribution in [2.24, 2.45) is 0 Å². The normalized spacial score (nSPS) is 19.6. The summed E-state index contributed by atoms with van der Waals surface area (Å²) in [5.74, 6) is -0.628. The zero-order chi connectivity index (χ0) is 24.5. The average Bonchev–Trinajstić information content (AvgIpc) is 3.23. The van der Waals surface area contributed by atoms with Crippen molar-refractivity contribution in [3.8, 4) is 0 Å². The molecule has 0 saturated carbocycles. The van der Waals surface area contributed by atoms with E-state index in [1.165, 1.54) is 12.1 Å². The predicted molar refractivity (Wildman–Crippen MR) is 132 cm³/mol. The quantitative estimate of drug-likeness (QED) is 0.386. The van der Waals surface area contributed by atoms with E-state index in [2.05, 4.69) is 4.90 Å². The van der Waals surface area contributed by atoms with Gasteiger partial charge in [-0.2, -0.15) is 13.2 Å². The van der Waals surface area contributed by atoms with Crippen molar-refractivity contribution in [1.29, 1.82) is 0 Å². The average molecular weight is 501 g/mol. The number of para-hydroxylation sites is 2. The summed E-state index contributed by atoms with van der Waals surface area (Å²) < 4.78 is 64.9. The predicted octanol–water partition coefficient (Wildman–Crippen LogP) is 6.26. The second-order valence-corrected chi connectivity index (χ2v) is 11.3. The third-order valence-corrected chi connectivity index (χ3v) is 10.1. The smallest absolute Gasteiger partial charge is 0.379 e. The second-order valence-electron chi connectivity index (χ2n) is 8.65. The number of benzene rings is 3. The lowest BCUT2D eigenvalue weighted by Crippen LogP contribution is -2.42. The topological polar surface area (TPSA) is 36.0 Å². The number of ether oxygens (including phenoxy) is 1. The van der Waals surface area contributed by atoms with Gasteiger partial charge in [-0.05, 0) is 42.0 Å². The Balaban J connectivity index is 1.67. The van der Waals surface area contributed by atoms with Gasteiger partial charge in [-0.3, -0.25) is 9.46 Å². The fourth-order valence-corrected chi connectivity index (χ4v) is 8.63. The first-order valence-corrected chi connectivity index (χ1v) is 13.3. The number of nitrogens with zero attached hydrogens (tertiary/aromatic N) is 3. The Labute approximate surface area is 203 Å². The number of alkyl halides is 3. The third-order valence-electron chi connectivity index (χ3n) is 6.57. The number of hydrogen-bond donors (Lipinski definition) is 0. The molecule has 2 heterocycles. The van der Waals surface area contributed by atoms with Gasteiger partial charge in [-0.25, -0.2) is 0 Å². The summed E-state index contributed by atoms with van der Waals surface area (Å²) in [5.41, 5.74) is 1.55. The number of anilines is 2. The molecule has 0 spiro atoms. The van der Waals surface area contributed by atoms with Crippen molar-refractivity contribution >= 4 is 18.8 Å². The van der Waals surface area contributed by atoms with Gasteiger partial charge in [-0.15, -0.1) is 0 Å². The van der Waals surface area contributed by atoms with E-state index in [4.69, 9.17) is 4.74 Å². The summed E-state index contributed by atoms with van der Waals surface area (Å²) in [6.45, 7) is 3.12. The molecule has 2 aliphatic rings. The fraction of sp³-hybridized carbons (Fsp3) is 0.308. The van der Waals surface area contributed by atoms with Crippen LogP contribution in [0.3, 0.4) is 0 Å². The molecule has 0 radical (unpaired) electrons. The van der Waals surface area contributed by atoms with E-state index in [1.54, 1.807) is 0 Å². The van der Waals surface area contributed by atoms with E-state index in [0.717, 1.165) is 23.5 Å². The molecular weight excluding hydrogens is 474 g/mol. The SMILES string of the molecule is O=P1(C(c2ccc(C(F)(F)F)cc2)N2CCOCC2)N(c2ccccc2)CCN1c1ccccc1. The molecule has 2 aliphatic heterocycles. The highest BCUT2D eigenvalue weighted by atomic mass is 31.2. The maximum Gasteiger partial charge on any atom is 0.416 e. The van der Waals surface area contributed by atoms with Crippen molar-refractivity contribution in [3.63, 3.8) is 0 Å². The maximum absolute atomic E-state index is 15.5. The highest BCUT2D eigenvalue weighted by Crippen LogP contribution is 2.69. The molecule has 2 fully saturated rings. The van der Waals surface area contributed by atoms with Crippen LogP contribution >= 0.6 is 7.44 Å². The van der Waals surface area contributed by atoms with Gasteiger partial charge in [0.2, 0.25) is 0 Å². The molecule has 0 aromatic heterocycles. The van der Waals surface area contributed by atoms with Crippen LogP contribution < -0.4 is 9.34 Å². The molecule has 5 rings (SSSR count). The Morgan fingerprint density at radius 3 is 1.66 bits per heavy atom. The standard InChI is InChI=1S/C26H27F3N3O2P/c27-26(28,29)22-13-11-21(12-14-22)25(30-17-19-34-20-18-30)35(33)31(23-7-3-1-4-8-23)15-16-32(35)24-9-5-2-6-10-24/h1-14,25H,15-20H2. The summed E-state index contributed by atoms with van der Waals surface area (Å²) >= 11 is 0. The van der Waals surface area contributed by atoms with Crippen molar-refractivity contribution in [2.45, 2.75) is 12.0 Å². The molecule has 3 aromatic rings. The van der Waals surface area contributed by atoms with Crippen LogP contribution in [0.15, 0.2) is 84.9 Å². The van der Waals surface area contributed by atoms with Crippen LogP contribution in [0.5, 0.6) is 0 Å². The number of halogens is 3. The van der Waals surface area contributed by atoms with Crippen LogP contribution in [0.4, 0.5) is 24.5 Å². The Kier molecular flexibility index (Phi) is 6.62. The summed E-state index contributed by atoms with van der Waals surface area (Å²) in [6.07, 6.45) is -4.43. The molecule has 35 heavy (non-hydrogen) atoms. The second kappa shape index (κ2) is 9.69. The van der Waals surface area contributed by atoms with Crippen LogP contribution in [0.2, 0.25) is 0 Å². The monoisotopic (exact) mass is 501 g/mol. The minimum atomic E-state index is -4.43. The molecule has 1 unspecified atom stereocenters. The van der Waals surface area contributed by atoms with Crippen LogP contribution in [0.1, 0.15) is 16.9 Å². The van der Waals surface area contributed by atoms with Crippen molar-refractivity contribution < 1.29 is 22.5 Å². The molecule has 0 bridgehead atoms. The fourth-order valence-electron chi connectivity index (χ4n) is 4.94. The molecule has 0 N–H and O–H groups in total. The first-order chi connectivity index (χ1) is 16.9. The molecule has 0 aliphatic carbocycles. The van der Waals surface area contributed by atoms with E-state index < -0.39 is 25.0 Å². The van der Waals surface area contributed by atoms with E-state index >= 15 is 4.57 Å². The summed E-state index contributed by atoms with van der Waals surface area (Å²) in [4.78, 5) is 2.10. The van der Waals surface area contributed by atoms with Crippen molar-refractivity contribution in [2.75, 3.05) is 48.7 Å². The van der Waals surface area contributed by atoms with E-state index in [0.29, 0.717) is 45.0 Å². The molecule has 1 atom stereocenters. The van der Waals surface area contributed by atoms with Gasteiger partial charge < -0.3 is 14.1 Å². The molecule has 5 nitrogen and oxygen atoms in total. The van der Waals surface area contributed by atoms with Crippen LogP contribution in [-0.2, 0) is 15.5 Å². The minimum absolute atomic E-state index is 0.480. The zero-order valence-corrected chi connectivity index (χ0v) is 20.0. The molecule has 0 amide bonds. The van der Waals surface area contributed by atoms with Gasteiger partial charge in [-0.1, -0.05) is 48.5 Å². The molecule has 184 valence electrons. The maximum atomic E-state index is 15.5. The Morgan fingerprint density at radius 2 is 1.20 bits per heavy atom. The Morgan fingerprint density at radius 1 is 0.714 bits per heavy atom. The van der Waals surface area contributed by atoms with Gasteiger partial charge in [0.15, 0.2) is 0 Å². The third kappa shape index (κ3) is 4.58. The lowest BCUT2D eigenvalue weighted by atomic mass is 10.1. The lowest BCUT2D eigenvalue weighted by molar-refractivity contribution is -0.137. The summed E-state index contributed by atoms with van der Waals surface area (Å²) in [5, 5.41) is 0. The molecule has 3 aromatic carbocycles. The minimum Gasteiger partial charge on any atom is -0.379 e. The number of rotatable bonds is 5. The summed E-state index contributed by atoms with van der Waals surface area (Å²) in [7, 11) is -3.43. The molecule has 9 heteroatoms. The van der Waals surface area contributed by atoms with E-state index in [-0.39, 0.29) is 0 Å². The van der Waals surface area contributed by atoms with Gasteiger partial charge in [0.25, 0.3) is 7.44 Å². The molecule has 2 saturated heterocycles. The van der Waals surface area contributed by atoms with Crippen molar-refractivity contribution in [3.05, 3.63) is 96.1 Å². The highest BCUT2D eigenvalue weighted by molar-refractivity contribution is 7.67. The van der Waals surface area contributed by atoms with Gasteiger partial charge in [0.1, 0.15) is 5.78 Å². The summed E-state index contributed by atoms with van der Waals surface area (Å²) in [6, 6.07) is 24.3. The number of morpholine rings is 1. The van der Waals surface area contributed by atoms with Crippen LogP contribution in [0.25, 0.3) is 0 Å². The largest absolute Gasteiger partial charge is 0.416 e. The number of hydrogen-bond acceptors (Lipinski definition) is 3. The molecular formula is C26H27F3N3O2P. The Hall–Kier alpha value is -2.80. The Bertz CT molecular complexity index is 1120.